The van der Waals surface area contributed by atoms with E-state index in [1.807, 2.05) is 66.7 Å². The van der Waals surface area contributed by atoms with Gasteiger partial charge < -0.3 is 10.1 Å². The predicted octanol–water partition coefficient (Wildman–Crippen LogP) is 5.14. The maximum Gasteiger partial charge on any atom is 0.221 e. The fraction of sp³-hybridized carbons (Fsp3) is 0.111. The topological polar surface area (TPSA) is 87.9 Å². The second-order valence-electron chi connectivity index (χ2n) is 7.51. The van der Waals surface area contributed by atoms with E-state index in [0.717, 1.165) is 28.1 Å². The van der Waals surface area contributed by atoms with Crippen molar-refractivity contribution < 1.29 is 9.53 Å². The molecule has 0 saturated carbocycles. The first kappa shape index (κ1) is 21.7. The molecule has 0 spiro atoms. The number of nitriles is 1. The van der Waals surface area contributed by atoms with Crippen molar-refractivity contribution in [2.24, 2.45) is 0 Å². The molecule has 0 unspecified atom stereocenters. The summed E-state index contributed by atoms with van der Waals surface area (Å²) in [7, 11) is 0. The van der Waals surface area contributed by atoms with Gasteiger partial charge >= 0.3 is 0 Å². The van der Waals surface area contributed by atoms with Crippen molar-refractivity contribution in [1.29, 1.82) is 5.26 Å². The number of anilines is 1. The summed E-state index contributed by atoms with van der Waals surface area (Å²) < 4.78 is 5.86. The van der Waals surface area contributed by atoms with Gasteiger partial charge in [0.05, 0.1) is 11.3 Å². The van der Waals surface area contributed by atoms with Gasteiger partial charge in [-0.3, -0.25) is 4.79 Å². The van der Waals surface area contributed by atoms with E-state index in [-0.39, 0.29) is 5.91 Å². The van der Waals surface area contributed by atoms with Gasteiger partial charge in [0.1, 0.15) is 24.3 Å². The van der Waals surface area contributed by atoms with Gasteiger partial charge in [-0.15, -0.1) is 0 Å². The Bertz CT molecular complexity index is 1310. The van der Waals surface area contributed by atoms with Gasteiger partial charge in [0, 0.05) is 30.8 Å². The summed E-state index contributed by atoms with van der Waals surface area (Å²) in [6.07, 6.45) is 2.23. The van der Waals surface area contributed by atoms with Crippen LogP contribution in [0.5, 0.6) is 5.75 Å². The average molecular weight is 434 g/mol. The van der Waals surface area contributed by atoms with Gasteiger partial charge in [0.25, 0.3) is 0 Å². The van der Waals surface area contributed by atoms with Crippen LogP contribution in [0.3, 0.4) is 0 Å². The highest BCUT2D eigenvalue weighted by atomic mass is 16.5. The third-order valence-electron chi connectivity index (χ3n) is 4.95. The fourth-order valence-electron chi connectivity index (χ4n) is 3.43. The number of carbonyl (C=O) groups excluding carboxylic acids is 1. The van der Waals surface area contributed by atoms with Gasteiger partial charge in [-0.1, -0.05) is 42.5 Å². The largest absolute Gasteiger partial charge is 0.488 e. The van der Waals surface area contributed by atoms with E-state index in [4.69, 9.17) is 4.74 Å². The first-order valence-electron chi connectivity index (χ1n) is 10.5. The molecule has 4 rings (SSSR count). The van der Waals surface area contributed by atoms with Crippen LogP contribution in [0, 0.1) is 11.3 Å². The van der Waals surface area contributed by atoms with Crippen LogP contribution in [0.15, 0.2) is 85.1 Å². The van der Waals surface area contributed by atoms with Crippen molar-refractivity contribution in [1.82, 2.24) is 9.97 Å². The number of hydrogen-bond donors (Lipinski definition) is 1. The molecule has 162 valence electrons. The van der Waals surface area contributed by atoms with Crippen LogP contribution >= 0.6 is 0 Å². The Morgan fingerprint density at radius 3 is 2.61 bits per heavy atom. The van der Waals surface area contributed by atoms with Gasteiger partial charge in [0.2, 0.25) is 5.91 Å². The molecule has 0 radical (unpaired) electrons. The molecule has 6 heteroatoms. The molecule has 6 nitrogen and oxygen atoms in total. The predicted molar refractivity (Wildman–Crippen MR) is 127 cm³/mol. The average Bonchev–Trinajstić information content (AvgIpc) is 2.83. The van der Waals surface area contributed by atoms with Crippen LogP contribution in [0.4, 0.5) is 5.69 Å². The molecule has 0 atom stereocenters. The van der Waals surface area contributed by atoms with Crippen LogP contribution in [0.1, 0.15) is 29.4 Å². The molecule has 0 bridgehead atoms. The van der Waals surface area contributed by atoms with Crippen molar-refractivity contribution in [2.45, 2.75) is 20.0 Å². The monoisotopic (exact) mass is 434 g/mol. The van der Waals surface area contributed by atoms with Gasteiger partial charge in [0.15, 0.2) is 0 Å². The van der Waals surface area contributed by atoms with Crippen LogP contribution < -0.4 is 10.1 Å². The van der Waals surface area contributed by atoms with Crippen molar-refractivity contribution in [3.05, 3.63) is 108 Å². The van der Waals surface area contributed by atoms with Crippen molar-refractivity contribution >= 4 is 11.6 Å². The molecule has 3 aromatic carbocycles. The van der Waals surface area contributed by atoms with E-state index in [9.17, 15) is 10.1 Å². The Labute approximate surface area is 192 Å². The number of amides is 1. The minimum atomic E-state index is -0.116. The van der Waals surface area contributed by atoms with Crippen LogP contribution in [-0.2, 0) is 17.8 Å². The third kappa shape index (κ3) is 5.81. The van der Waals surface area contributed by atoms with E-state index in [0.29, 0.717) is 30.2 Å². The van der Waals surface area contributed by atoms with E-state index in [1.165, 1.54) is 6.92 Å². The number of aromatic nitrogens is 2. The lowest BCUT2D eigenvalue weighted by molar-refractivity contribution is -0.114. The summed E-state index contributed by atoms with van der Waals surface area (Å²) in [6, 6.07) is 26.9. The first-order chi connectivity index (χ1) is 16.1. The minimum Gasteiger partial charge on any atom is -0.488 e. The summed E-state index contributed by atoms with van der Waals surface area (Å²) in [5.74, 6) is 1.07. The molecule has 0 saturated heterocycles. The second kappa shape index (κ2) is 10.2. The van der Waals surface area contributed by atoms with E-state index >= 15 is 0 Å². The zero-order valence-corrected chi connectivity index (χ0v) is 18.2. The lowest BCUT2D eigenvalue weighted by Crippen LogP contribution is -2.06. The minimum absolute atomic E-state index is 0.116. The first-order valence-corrected chi connectivity index (χ1v) is 10.5. The molecule has 0 aliphatic heterocycles. The number of nitrogens with one attached hydrogen (secondary N) is 1. The fourth-order valence-corrected chi connectivity index (χ4v) is 3.43. The molecule has 1 heterocycles. The number of ether oxygens (including phenoxy) is 1. The molecule has 1 aromatic heterocycles. The zero-order chi connectivity index (χ0) is 23.0. The second-order valence-corrected chi connectivity index (χ2v) is 7.51. The number of benzene rings is 3. The van der Waals surface area contributed by atoms with Gasteiger partial charge in [-0.25, -0.2) is 9.97 Å². The summed E-state index contributed by atoms with van der Waals surface area (Å²) in [6.45, 7) is 1.87. The molecule has 1 N–H and O–H groups in total. The number of rotatable bonds is 7. The molecule has 4 aromatic rings. The highest BCUT2D eigenvalue weighted by molar-refractivity contribution is 5.88. The molecular weight excluding hydrogens is 412 g/mol. The molecule has 1 amide bonds. The van der Waals surface area contributed by atoms with Crippen LogP contribution in [0.2, 0.25) is 0 Å². The summed E-state index contributed by atoms with van der Waals surface area (Å²) in [4.78, 5) is 20.4. The Kier molecular flexibility index (Phi) is 6.72. The summed E-state index contributed by atoms with van der Waals surface area (Å²) in [5, 5.41) is 12.4. The highest BCUT2D eigenvalue weighted by Gasteiger charge is 2.10. The van der Waals surface area contributed by atoms with Crippen molar-refractivity contribution in [3.8, 4) is 23.1 Å². The number of nitrogens with zero attached hydrogens (tertiary/aromatic N) is 3. The van der Waals surface area contributed by atoms with Crippen molar-refractivity contribution in [3.63, 3.8) is 0 Å². The molecule has 0 fully saturated rings. The van der Waals surface area contributed by atoms with Crippen LogP contribution in [0.25, 0.3) is 11.3 Å². The number of hydrogen-bond acceptors (Lipinski definition) is 5. The Hall–Kier alpha value is -4.50. The van der Waals surface area contributed by atoms with E-state index in [1.54, 1.807) is 18.3 Å². The molecule has 0 aliphatic carbocycles. The summed E-state index contributed by atoms with van der Waals surface area (Å²) >= 11 is 0. The van der Waals surface area contributed by atoms with Gasteiger partial charge in [-0.2, -0.15) is 5.26 Å². The Morgan fingerprint density at radius 2 is 1.82 bits per heavy atom. The Morgan fingerprint density at radius 1 is 1.00 bits per heavy atom. The molecule has 0 aliphatic rings. The van der Waals surface area contributed by atoms with Crippen molar-refractivity contribution in [2.75, 3.05) is 5.32 Å². The van der Waals surface area contributed by atoms with E-state index < -0.39 is 0 Å². The van der Waals surface area contributed by atoms with E-state index in [2.05, 4.69) is 21.4 Å². The van der Waals surface area contributed by atoms with Gasteiger partial charge in [-0.05, 0) is 47.5 Å². The molecular formula is C27H22N4O2. The maximum absolute atomic E-state index is 11.3. The smallest absolute Gasteiger partial charge is 0.221 e. The zero-order valence-electron chi connectivity index (χ0n) is 18.2. The quantitative estimate of drug-likeness (QED) is 0.435. The third-order valence-corrected chi connectivity index (χ3v) is 4.95. The number of carbonyl (C=O) groups is 1. The maximum atomic E-state index is 11.3. The lowest BCUT2D eigenvalue weighted by Gasteiger charge is -2.10. The normalized spacial score (nSPS) is 10.3. The standard InChI is InChI=1S/C27H22N4O2/c1-19(32)30-24-9-5-8-21(14-24)15-27-29-13-12-25(31-27)22-10-11-26(23(16-22)17-28)33-18-20-6-3-2-4-7-20/h2-14,16H,15,18H2,1H3,(H,30,32). The Balaban J connectivity index is 1.52. The SMILES string of the molecule is CC(=O)Nc1cccc(Cc2nccc(-c3ccc(OCc4ccccc4)c(C#N)c3)n2)c1. The lowest BCUT2D eigenvalue weighted by atomic mass is 10.1. The van der Waals surface area contributed by atoms with Crippen LogP contribution in [-0.4, -0.2) is 15.9 Å². The molecule has 33 heavy (non-hydrogen) atoms. The summed E-state index contributed by atoms with van der Waals surface area (Å²) in [5.41, 5.74) is 4.75. The highest BCUT2D eigenvalue weighted by Crippen LogP contribution is 2.26.